The van der Waals surface area contributed by atoms with Crippen molar-refractivity contribution in [3.8, 4) is 0 Å². The van der Waals surface area contributed by atoms with Crippen LogP contribution < -0.4 is 11.5 Å². The lowest BCUT2D eigenvalue weighted by Gasteiger charge is -2.04. The van der Waals surface area contributed by atoms with Crippen LogP contribution in [0.15, 0.2) is 42.5 Å². The first-order valence-electron chi connectivity index (χ1n) is 7.38. The predicted molar refractivity (Wildman–Crippen MR) is 90.0 cm³/mol. The zero-order valence-electron chi connectivity index (χ0n) is 12.6. The lowest BCUT2D eigenvalue weighted by atomic mass is 10.2. The van der Waals surface area contributed by atoms with E-state index in [1.807, 2.05) is 18.2 Å². The zero-order chi connectivity index (χ0) is 16.2. The number of aryl methyl sites for hydroxylation is 1. The van der Waals surface area contributed by atoms with E-state index in [2.05, 4.69) is 9.97 Å². The maximum Gasteiger partial charge on any atom is 0.338 e. The number of anilines is 2. The van der Waals surface area contributed by atoms with Crippen LogP contribution in [0.3, 0.4) is 0 Å². The molecule has 0 bridgehead atoms. The highest BCUT2D eigenvalue weighted by Gasteiger charge is 2.07. The molecule has 0 saturated carbocycles. The Kier molecular flexibility index (Phi) is 4.14. The van der Waals surface area contributed by atoms with Gasteiger partial charge in [0.25, 0.3) is 0 Å². The number of hydrogen-bond donors (Lipinski definition) is 3. The second kappa shape index (κ2) is 6.39. The van der Waals surface area contributed by atoms with Gasteiger partial charge in [-0.3, -0.25) is 0 Å². The number of esters is 1. The number of ether oxygens (including phenoxy) is 1. The number of benzene rings is 2. The number of rotatable bonds is 5. The number of fused-ring (bicyclic) bond motifs is 1. The number of aromatic nitrogens is 2. The third kappa shape index (κ3) is 3.60. The van der Waals surface area contributed by atoms with E-state index in [4.69, 9.17) is 16.2 Å². The van der Waals surface area contributed by atoms with Crippen molar-refractivity contribution in [1.29, 1.82) is 0 Å². The summed E-state index contributed by atoms with van der Waals surface area (Å²) in [5.41, 5.74) is 14.9. The Bertz CT molecular complexity index is 824. The van der Waals surface area contributed by atoms with Crippen molar-refractivity contribution < 1.29 is 9.53 Å². The Morgan fingerprint density at radius 3 is 2.61 bits per heavy atom. The number of hydrogen-bond acceptors (Lipinski definition) is 5. The van der Waals surface area contributed by atoms with Crippen LogP contribution in [0.5, 0.6) is 0 Å². The molecule has 0 atom stereocenters. The summed E-state index contributed by atoms with van der Waals surface area (Å²) in [6.45, 7) is 0.336. The van der Waals surface area contributed by atoms with Crippen molar-refractivity contribution >= 4 is 28.4 Å². The highest BCUT2D eigenvalue weighted by atomic mass is 16.5. The molecule has 0 aliphatic carbocycles. The van der Waals surface area contributed by atoms with Crippen LogP contribution in [0.25, 0.3) is 11.0 Å². The molecule has 6 nitrogen and oxygen atoms in total. The molecule has 0 spiro atoms. The fourth-order valence-corrected chi connectivity index (χ4v) is 2.31. The second-order valence-electron chi connectivity index (χ2n) is 5.32. The summed E-state index contributed by atoms with van der Waals surface area (Å²) < 4.78 is 5.24. The number of nitrogens with one attached hydrogen (secondary N) is 1. The van der Waals surface area contributed by atoms with Gasteiger partial charge in [-0.1, -0.05) is 0 Å². The smallest absolute Gasteiger partial charge is 0.338 e. The monoisotopic (exact) mass is 310 g/mol. The third-order valence-corrected chi connectivity index (χ3v) is 3.49. The van der Waals surface area contributed by atoms with Gasteiger partial charge in [-0.25, -0.2) is 9.78 Å². The zero-order valence-corrected chi connectivity index (χ0v) is 12.6. The van der Waals surface area contributed by atoms with Crippen LogP contribution in [0.4, 0.5) is 11.4 Å². The molecule has 3 aromatic rings. The first kappa shape index (κ1) is 14.9. The lowest BCUT2D eigenvalue weighted by molar-refractivity contribution is 0.0500. The van der Waals surface area contributed by atoms with Gasteiger partial charge >= 0.3 is 5.97 Å². The molecule has 0 aliphatic heterocycles. The molecule has 0 radical (unpaired) electrons. The molecule has 2 aromatic carbocycles. The molecule has 0 amide bonds. The Hall–Kier alpha value is -3.02. The molecule has 5 N–H and O–H groups in total. The van der Waals surface area contributed by atoms with Gasteiger partial charge in [0.2, 0.25) is 0 Å². The molecular weight excluding hydrogens is 292 g/mol. The van der Waals surface area contributed by atoms with E-state index >= 15 is 0 Å². The SMILES string of the molecule is Nc1ccc(C(=O)OCCCc2nc3ccc(N)cc3[nH]2)cc1. The standard InChI is InChI=1S/C17H18N4O2/c18-12-5-3-11(4-6-12)17(22)23-9-1-2-16-20-14-8-7-13(19)10-15(14)21-16/h3-8,10H,1-2,9,18-19H2,(H,20,21). The van der Waals surface area contributed by atoms with Crippen LogP contribution in [-0.4, -0.2) is 22.5 Å². The minimum Gasteiger partial charge on any atom is -0.462 e. The van der Waals surface area contributed by atoms with Gasteiger partial charge in [0, 0.05) is 17.8 Å². The van der Waals surface area contributed by atoms with Crippen LogP contribution in [0.2, 0.25) is 0 Å². The first-order valence-corrected chi connectivity index (χ1v) is 7.38. The maximum atomic E-state index is 11.8. The summed E-state index contributed by atoms with van der Waals surface area (Å²) in [6.07, 6.45) is 1.39. The average Bonchev–Trinajstić information content (AvgIpc) is 2.94. The summed E-state index contributed by atoms with van der Waals surface area (Å²) in [5, 5.41) is 0. The van der Waals surface area contributed by atoms with Crippen molar-refractivity contribution in [2.75, 3.05) is 18.1 Å². The number of H-pyrrole nitrogens is 1. The fourth-order valence-electron chi connectivity index (χ4n) is 2.31. The van der Waals surface area contributed by atoms with Gasteiger partial charge in [0.1, 0.15) is 5.82 Å². The number of imidazole rings is 1. The van der Waals surface area contributed by atoms with Gasteiger partial charge in [0.15, 0.2) is 0 Å². The largest absolute Gasteiger partial charge is 0.462 e. The molecule has 1 heterocycles. The first-order chi connectivity index (χ1) is 11.1. The van der Waals surface area contributed by atoms with E-state index in [-0.39, 0.29) is 5.97 Å². The predicted octanol–water partition coefficient (Wildman–Crippen LogP) is 2.52. The topological polar surface area (TPSA) is 107 Å². The molecule has 6 heteroatoms. The number of nitrogens with two attached hydrogens (primary N) is 2. The van der Waals surface area contributed by atoms with E-state index in [0.717, 1.165) is 16.9 Å². The number of nitrogens with zero attached hydrogens (tertiary/aromatic N) is 1. The normalized spacial score (nSPS) is 10.8. The molecule has 0 fully saturated rings. The van der Waals surface area contributed by atoms with Crippen LogP contribution >= 0.6 is 0 Å². The molecule has 3 rings (SSSR count). The molecular formula is C17H18N4O2. The quantitative estimate of drug-likeness (QED) is 0.381. The van der Waals surface area contributed by atoms with Crippen LogP contribution in [-0.2, 0) is 11.2 Å². The minimum absolute atomic E-state index is 0.336. The molecule has 0 aliphatic rings. The van der Waals surface area contributed by atoms with Crippen molar-refractivity contribution in [1.82, 2.24) is 9.97 Å². The Morgan fingerprint density at radius 1 is 1.09 bits per heavy atom. The second-order valence-corrected chi connectivity index (χ2v) is 5.32. The average molecular weight is 310 g/mol. The van der Waals surface area contributed by atoms with Gasteiger partial charge in [-0.05, 0) is 48.9 Å². The van der Waals surface area contributed by atoms with Gasteiger partial charge in [-0.15, -0.1) is 0 Å². The van der Waals surface area contributed by atoms with Gasteiger partial charge in [-0.2, -0.15) is 0 Å². The fraction of sp³-hybridized carbons (Fsp3) is 0.176. The Morgan fingerprint density at radius 2 is 1.83 bits per heavy atom. The molecule has 1 aromatic heterocycles. The highest BCUT2D eigenvalue weighted by molar-refractivity contribution is 5.89. The highest BCUT2D eigenvalue weighted by Crippen LogP contribution is 2.15. The van der Waals surface area contributed by atoms with E-state index in [9.17, 15) is 4.79 Å². The maximum absolute atomic E-state index is 11.8. The Balaban J connectivity index is 1.50. The van der Waals surface area contributed by atoms with Crippen molar-refractivity contribution in [2.45, 2.75) is 12.8 Å². The number of nitrogen functional groups attached to an aromatic ring is 2. The van der Waals surface area contributed by atoms with Crippen LogP contribution in [0, 0.1) is 0 Å². The summed E-state index contributed by atoms with van der Waals surface area (Å²) in [5.74, 6) is 0.511. The van der Waals surface area contributed by atoms with Gasteiger partial charge in [0.05, 0.1) is 23.2 Å². The molecule has 0 unspecified atom stereocenters. The molecule has 0 saturated heterocycles. The molecule has 118 valence electrons. The van der Waals surface area contributed by atoms with Gasteiger partial charge < -0.3 is 21.2 Å². The van der Waals surface area contributed by atoms with E-state index < -0.39 is 0 Å². The summed E-state index contributed by atoms with van der Waals surface area (Å²) in [7, 11) is 0. The molecule has 23 heavy (non-hydrogen) atoms. The van der Waals surface area contributed by atoms with Crippen molar-refractivity contribution in [3.05, 3.63) is 53.9 Å². The summed E-state index contributed by atoms with van der Waals surface area (Å²) in [4.78, 5) is 19.5. The van der Waals surface area contributed by atoms with Crippen molar-refractivity contribution in [3.63, 3.8) is 0 Å². The lowest BCUT2D eigenvalue weighted by Crippen LogP contribution is -2.07. The Labute approximate surface area is 133 Å². The number of aromatic amines is 1. The van der Waals surface area contributed by atoms with Crippen molar-refractivity contribution in [2.24, 2.45) is 0 Å². The number of carbonyl (C=O) groups is 1. The van der Waals surface area contributed by atoms with Crippen LogP contribution in [0.1, 0.15) is 22.6 Å². The number of carbonyl (C=O) groups excluding carboxylic acids is 1. The minimum atomic E-state index is -0.345. The van der Waals surface area contributed by atoms with E-state index in [1.165, 1.54) is 0 Å². The third-order valence-electron chi connectivity index (χ3n) is 3.49. The summed E-state index contributed by atoms with van der Waals surface area (Å²) >= 11 is 0. The summed E-state index contributed by atoms with van der Waals surface area (Å²) in [6, 6.07) is 12.2. The van der Waals surface area contributed by atoms with E-state index in [1.54, 1.807) is 24.3 Å². The van der Waals surface area contributed by atoms with E-state index in [0.29, 0.717) is 36.4 Å².